The lowest BCUT2D eigenvalue weighted by molar-refractivity contribution is 0.0589. The van der Waals surface area contributed by atoms with Crippen molar-refractivity contribution in [1.82, 2.24) is 19.8 Å². The number of nitrogens with zero attached hydrogens (tertiary/aromatic N) is 3. The highest BCUT2D eigenvalue weighted by molar-refractivity contribution is 5.97. The number of hydrogen-bond donors (Lipinski definition) is 1. The van der Waals surface area contributed by atoms with Crippen LogP contribution in [-0.2, 0) is 13.0 Å². The molecule has 1 N–H and O–H groups in total. The lowest BCUT2D eigenvalue weighted by Crippen LogP contribution is -2.44. The van der Waals surface area contributed by atoms with Crippen molar-refractivity contribution in [1.29, 1.82) is 0 Å². The molecular formula is C19H30N4O2. The Bertz CT molecular complexity index is 638. The predicted molar refractivity (Wildman–Crippen MR) is 96.8 cm³/mol. The topological polar surface area (TPSA) is 67.2 Å². The van der Waals surface area contributed by atoms with Gasteiger partial charge in [-0.3, -0.25) is 9.59 Å². The van der Waals surface area contributed by atoms with Gasteiger partial charge in [0.25, 0.3) is 11.8 Å². The Morgan fingerprint density at radius 2 is 1.96 bits per heavy atom. The zero-order chi connectivity index (χ0) is 17.8. The third-order valence-corrected chi connectivity index (χ3v) is 5.42. The third kappa shape index (κ3) is 3.58. The number of nitrogens with one attached hydrogen (secondary N) is 1. The van der Waals surface area contributed by atoms with E-state index in [2.05, 4.69) is 17.2 Å². The number of piperidine rings is 1. The van der Waals surface area contributed by atoms with E-state index in [1.54, 1.807) is 0 Å². The summed E-state index contributed by atoms with van der Waals surface area (Å²) < 4.78 is 2.01. The molecule has 2 aliphatic rings. The summed E-state index contributed by atoms with van der Waals surface area (Å²) in [6.45, 7) is 6.39. The predicted octanol–water partition coefficient (Wildman–Crippen LogP) is 2.76. The van der Waals surface area contributed by atoms with Crippen molar-refractivity contribution >= 4 is 11.8 Å². The highest BCUT2D eigenvalue weighted by Crippen LogP contribution is 2.25. The fraction of sp³-hybridized carbons (Fsp3) is 0.737. The Kier molecular flexibility index (Phi) is 5.76. The Morgan fingerprint density at radius 1 is 1.16 bits per heavy atom. The average molecular weight is 346 g/mol. The Labute approximate surface area is 150 Å². The molecule has 138 valence electrons. The van der Waals surface area contributed by atoms with Gasteiger partial charge in [-0.05, 0) is 51.4 Å². The van der Waals surface area contributed by atoms with Gasteiger partial charge < -0.3 is 14.8 Å². The number of rotatable bonds is 5. The highest BCUT2D eigenvalue weighted by Gasteiger charge is 2.33. The molecule has 1 atom stereocenters. The van der Waals surface area contributed by atoms with Crippen molar-refractivity contribution in [2.75, 3.05) is 13.1 Å². The third-order valence-electron chi connectivity index (χ3n) is 5.42. The van der Waals surface area contributed by atoms with Crippen molar-refractivity contribution in [2.24, 2.45) is 0 Å². The van der Waals surface area contributed by atoms with Crippen LogP contribution in [0.2, 0.25) is 0 Å². The summed E-state index contributed by atoms with van der Waals surface area (Å²) in [5.74, 6) is 0.332. The molecule has 0 saturated carbocycles. The Balaban J connectivity index is 1.91. The van der Waals surface area contributed by atoms with Crippen LogP contribution in [-0.4, -0.2) is 45.4 Å². The molecule has 6 heteroatoms. The smallest absolute Gasteiger partial charge is 0.290 e. The number of fused-ring (bicyclic) bond motifs is 1. The molecule has 1 unspecified atom stereocenters. The molecule has 2 amide bonds. The minimum absolute atomic E-state index is 0.00393. The number of hydrogen-bond acceptors (Lipinski definition) is 3. The summed E-state index contributed by atoms with van der Waals surface area (Å²) in [4.78, 5) is 32.2. The number of carbonyl (C=O) groups is 2. The number of aromatic nitrogens is 2. The van der Waals surface area contributed by atoms with Crippen LogP contribution in [0.4, 0.5) is 0 Å². The second-order valence-electron chi connectivity index (χ2n) is 7.15. The molecule has 1 saturated heterocycles. The van der Waals surface area contributed by atoms with Gasteiger partial charge in [0.1, 0.15) is 5.69 Å². The first-order valence-electron chi connectivity index (χ1n) is 9.85. The van der Waals surface area contributed by atoms with Gasteiger partial charge in [-0.15, -0.1) is 0 Å². The van der Waals surface area contributed by atoms with Crippen LogP contribution in [0.15, 0.2) is 0 Å². The van der Waals surface area contributed by atoms with Crippen molar-refractivity contribution in [3.05, 3.63) is 17.2 Å². The van der Waals surface area contributed by atoms with Crippen LogP contribution >= 0.6 is 0 Å². The fourth-order valence-corrected chi connectivity index (χ4v) is 4.03. The zero-order valence-corrected chi connectivity index (χ0v) is 15.5. The van der Waals surface area contributed by atoms with Crippen LogP contribution in [0.3, 0.4) is 0 Å². The minimum atomic E-state index is -0.141. The van der Waals surface area contributed by atoms with Gasteiger partial charge in [0.15, 0.2) is 5.82 Å². The Morgan fingerprint density at radius 3 is 2.72 bits per heavy atom. The molecule has 0 aliphatic carbocycles. The van der Waals surface area contributed by atoms with E-state index < -0.39 is 0 Å². The molecule has 2 aliphatic heterocycles. The quantitative estimate of drug-likeness (QED) is 0.891. The van der Waals surface area contributed by atoms with Gasteiger partial charge in [-0.2, -0.15) is 0 Å². The van der Waals surface area contributed by atoms with E-state index in [-0.39, 0.29) is 11.8 Å². The molecule has 3 rings (SSSR count). The normalized spacial score (nSPS) is 20.2. The summed E-state index contributed by atoms with van der Waals surface area (Å²) in [6.07, 6.45) is 8.09. The van der Waals surface area contributed by atoms with E-state index in [1.165, 1.54) is 6.42 Å². The molecule has 0 aromatic carbocycles. The van der Waals surface area contributed by atoms with Crippen LogP contribution in [0.5, 0.6) is 0 Å². The van der Waals surface area contributed by atoms with Gasteiger partial charge >= 0.3 is 0 Å². The van der Waals surface area contributed by atoms with E-state index in [4.69, 9.17) is 0 Å². The molecule has 1 aromatic rings. The molecule has 3 heterocycles. The maximum absolute atomic E-state index is 13.2. The lowest BCUT2D eigenvalue weighted by atomic mass is 10.00. The summed E-state index contributed by atoms with van der Waals surface area (Å²) in [6, 6.07) is 0.301. The van der Waals surface area contributed by atoms with Gasteiger partial charge in [-0.25, -0.2) is 4.98 Å². The van der Waals surface area contributed by atoms with Gasteiger partial charge in [0.2, 0.25) is 0 Å². The Hall–Kier alpha value is -1.85. The largest absolute Gasteiger partial charge is 0.351 e. The van der Waals surface area contributed by atoms with Gasteiger partial charge in [-0.1, -0.05) is 13.8 Å². The molecule has 25 heavy (non-hydrogen) atoms. The molecule has 0 spiro atoms. The monoisotopic (exact) mass is 346 g/mol. The van der Waals surface area contributed by atoms with Crippen molar-refractivity contribution in [3.8, 4) is 0 Å². The SMILES string of the molecule is CCCNC(=O)c1nc(C(=O)N2CCCCC2CC)n2c1CCCC2. The second-order valence-corrected chi connectivity index (χ2v) is 7.15. The van der Waals surface area contributed by atoms with Crippen molar-refractivity contribution < 1.29 is 9.59 Å². The van der Waals surface area contributed by atoms with E-state index in [1.807, 2.05) is 16.4 Å². The first-order chi connectivity index (χ1) is 12.2. The lowest BCUT2D eigenvalue weighted by Gasteiger charge is -2.35. The zero-order valence-electron chi connectivity index (χ0n) is 15.5. The van der Waals surface area contributed by atoms with Crippen LogP contribution < -0.4 is 5.32 Å². The first-order valence-corrected chi connectivity index (χ1v) is 9.85. The molecule has 1 fully saturated rings. The summed E-state index contributed by atoms with van der Waals surface area (Å²) >= 11 is 0. The second kappa shape index (κ2) is 8.02. The molecule has 1 aromatic heterocycles. The summed E-state index contributed by atoms with van der Waals surface area (Å²) in [7, 11) is 0. The van der Waals surface area contributed by atoms with E-state index in [0.717, 1.165) is 63.7 Å². The van der Waals surface area contributed by atoms with Crippen LogP contribution in [0.25, 0.3) is 0 Å². The number of carbonyl (C=O) groups excluding carboxylic acids is 2. The molecule has 6 nitrogen and oxygen atoms in total. The number of likely N-dealkylation sites (tertiary alicyclic amines) is 1. The first kappa shape index (κ1) is 18.0. The van der Waals surface area contributed by atoms with Gasteiger partial charge in [0, 0.05) is 25.7 Å². The maximum Gasteiger partial charge on any atom is 0.290 e. The maximum atomic E-state index is 13.2. The number of imidazole rings is 1. The average Bonchev–Trinajstić information content (AvgIpc) is 3.05. The fourth-order valence-electron chi connectivity index (χ4n) is 4.03. The number of amides is 2. The molecular weight excluding hydrogens is 316 g/mol. The summed E-state index contributed by atoms with van der Waals surface area (Å²) in [5, 5.41) is 2.91. The standard InChI is InChI=1S/C19H30N4O2/c1-3-11-20-18(24)16-15-10-6-8-13-23(15)17(21-16)19(25)22-12-7-5-9-14(22)4-2/h14H,3-13H2,1-2H3,(H,20,24). The van der Waals surface area contributed by atoms with E-state index in [0.29, 0.717) is 24.1 Å². The highest BCUT2D eigenvalue weighted by atomic mass is 16.2. The van der Waals surface area contributed by atoms with Gasteiger partial charge in [0.05, 0.1) is 5.69 Å². The minimum Gasteiger partial charge on any atom is -0.351 e. The van der Waals surface area contributed by atoms with Crippen molar-refractivity contribution in [3.63, 3.8) is 0 Å². The molecule has 0 radical (unpaired) electrons. The van der Waals surface area contributed by atoms with Crippen molar-refractivity contribution in [2.45, 2.75) is 77.8 Å². The summed E-state index contributed by atoms with van der Waals surface area (Å²) in [5.41, 5.74) is 1.40. The van der Waals surface area contributed by atoms with Crippen LogP contribution in [0.1, 0.15) is 85.6 Å². The van der Waals surface area contributed by atoms with E-state index >= 15 is 0 Å². The molecule has 0 bridgehead atoms. The van der Waals surface area contributed by atoms with Crippen LogP contribution in [0, 0.1) is 0 Å². The van der Waals surface area contributed by atoms with E-state index in [9.17, 15) is 9.59 Å².